The lowest BCUT2D eigenvalue weighted by Gasteiger charge is -2.27. The normalized spacial score (nSPS) is 11.8. The summed E-state index contributed by atoms with van der Waals surface area (Å²) in [5, 5.41) is 2.01. The number of esters is 2. The van der Waals surface area contributed by atoms with Crippen molar-refractivity contribution < 1.29 is 66.8 Å². The van der Waals surface area contributed by atoms with Crippen LogP contribution in [-0.4, -0.2) is 122 Å². The monoisotopic (exact) mass is 786 g/mol. The van der Waals surface area contributed by atoms with E-state index in [1.807, 2.05) is 0 Å². The topological polar surface area (TPSA) is 222 Å². The van der Waals surface area contributed by atoms with Gasteiger partial charge in [0.05, 0.1) is 27.1 Å². The van der Waals surface area contributed by atoms with Gasteiger partial charge in [-0.25, -0.2) is 40.0 Å². The largest absolute Gasteiger partial charge is 0.455 e. The molecule has 0 bridgehead atoms. The number of rotatable bonds is 19. The number of carbonyl (C=O) groups is 8. The summed E-state index contributed by atoms with van der Waals surface area (Å²) in [6, 6.07) is 11.9. The zero-order valence-electron chi connectivity index (χ0n) is 32.8. The van der Waals surface area contributed by atoms with Gasteiger partial charge in [0, 0.05) is 36.4 Å². The molecule has 0 unspecified atom stereocenters. The SMILES string of the molecule is CCO[C@H](CC(=O)N(NC(=O)OC)C(C)C)C(=O)OCC(=O)c1ccc(-c2ccc(C(=O)COC(=O)[C@@H](CC(=O)N(NC(=O)OC)C(C)C)OCC)cc2)cc1. The number of amides is 4. The van der Waals surface area contributed by atoms with Crippen molar-refractivity contribution in [1.82, 2.24) is 20.9 Å². The van der Waals surface area contributed by atoms with Crippen molar-refractivity contribution in [3.05, 3.63) is 59.7 Å². The fraction of sp³-hybridized carbons (Fsp3) is 0.474. The molecule has 18 nitrogen and oxygen atoms in total. The molecule has 0 aliphatic rings. The third-order valence-electron chi connectivity index (χ3n) is 7.78. The Balaban J connectivity index is 1.98. The smallest absolute Gasteiger partial charge is 0.425 e. The highest BCUT2D eigenvalue weighted by Crippen LogP contribution is 2.21. The maximum Gasteiger partial charge on any atom is 0.425 e. The molecule has 0 aromatic heterocycles. The van der Waals surface area contributed by atoms with E-state index in [0.29, 0.717) is 11.1 Å². The molecule has 2 atom stereocenters. The van der Waals surface area contributed by atoms with E-state index in [2.05, 4.69) is 20.3 Å². The molecule has 0 aliphatic heterocycles. The molecule has 0 fully saturated rings. The number of hydrogen-bond acceptors (Lipinski definition) is 14. The number of nitrogens with one attached hydrogen (secondary N) is 2. The minimum atomic E-state index is -1.33. The Labute approximate surface area is 325 Å². The Morgan fingerprint density at radius 3 is 1.14 bits per heavy atom. The van der Waals surface area contributed by atoms with Gasteiger partial charge in [-0.3, -0.25) is 19.2 Å². The van der Waals surface area contributed by atoms with Crippen LogP contribution in [0.2, 0.25) is 0 Å². The van der Waals surface area contributed by atoms with Crippen molar-refractivity contribution >= 4 is 47.5 Å². The third-order valence-corrected chi connectivity index (χ3v) is 7.78. The highest BCUT2D eigenvalue weighted by Gasteiger charge is 2.31. The number of hydrogen-bond donors (Lipinski definition) is 2. The van der Waals surface area contributed by atoms with Crippen molar-refractivity contribution in [3.8, 4) is 11.1 Å². The predicted octanol–water partition coefficient (Wildman–Crippen LogP) is 3.41. The molecular formula is C38H50N4O14. The van der Waals surface area contributed by atoms with Crippen LogP contribution in [-0.2, 0) is 47.6 Å². The number of hydrazine groups is 2. The van der Waals surface area contributed by atoms with E-state index in [1.54, 1.807) is 65.8 Å². The van der Waals surface area contributed by atoms with Gasteiger partial charge in [0.2, 0.25) is 11.8 Å². The molecule has 0 radical (unpaired) electrons. The van der Waals surface area contributed by atoms with Gasteiger partial charge in [0.15, 0.2) is 37.0 Å². The van der Waals surface area contributed by atoms with E-state index < -0.39 is 97.9 Å². The fourth-order valence-corrected chi connectivity index (χ4v) is 4.91. The first-order valence-corrected chi connectivity index (χ1v) is 17.7. The van der Waals surface area contributed by atoms with E-state index in [0.717, 1.165) is 24.2 Å². The molecule has 18 heteroatoms. The van der Waals surface area contributed by atoms with Crippen molar-refractivity contribution in [2.75, 3.05) is 40.6 Å². The first kappa shape index (κ1) is 46.3. The van der Waals surface area contributed by atoms with E-state index in [4.69, 9.17) is 18.9 Å². The first-order valence-electron chi connectivity index (χ1n) is 17.7. The zero-order chi connectivity index (χ0) is 41.9. The molecule has 0 saturated carbocycles. The Bertz CT molecular complexity index is 1550. The number of ketones is 2. The van der Waals surface area contributed by atoms with Gasteiger partial charge in [0.1, 0.15) is 0 Å². The number of methoxy groups -OCH3 is 2. The Morgan fingerprint density at radius 2 is 0.875 bits per heavy atom. The standard InChI is InChI=1S/C38H50N4O14/c1-9-53-31(19-33(45)41(23(3)4)39-37(49)51-7)35(47)55-21-29(43)27-15-11-25(12-16-27)26-13-17-28(18-14-26)30(44)22-56-36(48)32(54-10-2)20-34(46)42(24(5)6)40-38(50)52-8/h11-18,23-24,31-32H,9-10,19-22H2,1-8H3,(H,39,49)(H,40,50)/t31-,32-/m1/s1. The van der Waals surface area contributed by atoms with Crippen molar-refractivity contribution in [3.63, 3.8) is 0 Å². The number of Topliss-reactive ketones (excluding diaryl/α,β-unsaturated/α-hetero) is 2. The maximum atomic E-state index is 12.8. The maximum absolute atomic E-state index is 12.8. The lowest BCUT2D eigenvalue weighted by molar-refractivity contribution is -0.160. The highest BCUT2D eigenvalue weighted by molar-refractivity contribution is 6.00. The Kier molecular flexibility index (Phi) is 19.1. The second-order valence-electron chi connectivity index (χ2n) is 12.4. The number of benzene rings is 2. The summed E-state index contributed by atoms with van der Waals surface area (Å²) >= 11 is 0. The summed E-state index contributed by atoms with van der Waals surface area (Å²) in [5.41, 5.74) is 6.47. The Hall–Kier alpha value is -5.88. The predicted molar refractivity (Wildman–Crippen MR) is 198 cm³/mol. The van der Waals surface area contributed by atoms with Crippen LogP contribution in [0, 0.1) is 0 Å². The molecule has 0 heterocycles. The van der Waals surface area contributed by atoms with Gasteiger partial charge in [-0.15, -0.1) is 0 Å². The van der Waals surface area contributed by atoms with Gasteiger partial charge >= 0.3 is 24.1 Å². The number of ether oxygens (including phenoxy) is 6. The third kappa shape index (κ3) is 14.4. The van der Waals surface area contributed by atoms with E-state index in [-0.39, 0.29) is 24.3 Å². The molecule has 2 aromatic carbocycles. The minimum Gasteiger partial charge on any atom is -0.455 e. The summed E-state index contributed by atoms with van der Waals surface area (Å²) in [4.78, 5) is 100. The summed E-state index contributed by atoms with van der Waals surface area (Å²) in [6.07, 6.45) is -5.30. The van der Waals surface area contributed by atoms with Crippen LogP contribution in [0.15, 0.2) is 48.5 Å². The van der Waals surface area contributed by atoms with Crippen molar-refractivity contribution in [1.29, 1.82) is 0 Å². The molecule has 4 amide bonds. The van der Waals surface area contributed by atoms with E-state index in [1.165, 1.54) is 24.3 Å². The molecular weight excluding hydrogens is 736 g/mol. The molecule has 306 valence electrons. The molecule has 2 rings (SSSR count). The van der Waals surface area contributed by atoms with Crippen LogP contribution < -0.4 is 10.9 Å². The molecule has 56 heavy (non-hydrogen) atoms. The van der Waals surface area contributed by atoms with Crippen LogP contribution in [0.25, 0.3) is 11.1 Å². The van der Waals surface area contributed by atoms with Crippen LogP contribution in [0.5, 0.6) is 0 Å². The lowest BCUT2D eigenvalue weighted by atomic mass is 10.0. The summed E-state index contributed by atoms with van der Waals surface area (Å²) in [7, 11) is 2.28. The second kappa shape index (κ2) is 23.1. The van der Waals surface area contributed by atoms with Crippen LogP contribution in [0.4, 0.5) is 9.59 Å². The van der Waals surface area contributed by atoms with Crippen LogP contribution >= 0.6 is 0 Å². The fourth-order valence-electron chi connectivity index (χ4n) is 4.91. The summed E-state index contributed by atoms with van der Waals surface area (Å²) in [6.45, 7) is 8.76. The lowest BCUT2D eigenvalue weighted by Crippen LogP contribution is -2.51. The quantitative estimate of drug-likeness (QED) is 0.0902. The van der Waals surface area contributed by atoms with Crippen LogP contribution in [0.3, 0.4) is 0 Å². The second-order valence-corrected chi connectivity index (χ2v) is 12.4. The van der Waals surface area contributed by atoms with E-state index in [9.17, 15) is 38.4 Å². The molecule has 2 aromatic rings. The number of nitrogens with zero attached hydrogens (tertiary/aromatic N) is 2. The van der Waals surface area contributed by atoms with Crippen molar-refractivity contribution in [2.24, 2.45) is 0 Å². The number of carbonyl (C=O) groups excluding carboxylic acids is 8. The summed E-state index contributed by atoms with van der Waals surface area (Å²) in [5.74, 6) is -4.14. The van der Waals surface area contributed by atoms with E-state index >= 15 is 0 Å². The van der Waals surface area contributed by atoms with Gasteiger partial charge < -0.3 is 28.4 Å². The molecule has 0 aliphatic carbocycles. The van der Waals surface area contributed by atoms with Crippen molar-refractivity contribution in [2.45, 2.75) is 78.7 Å². The zero-order valence-corrected chi connectivity index (χ0v) is 32.8. The molecule has 0 spiro atoms. The molecule has 2 N–H and O–H groups in total. The first-order chi connectivity index (χ1) is 26.6. The average Bonchev–Trinajstić information content (AvgIpc) is 3.18. The minimum absolute atomic E-state index is 0.0764. The molecule has 0 saturated heterocycles. The van der Waals surface area contributed by atoms with Gasteiger partial charge in [-0.1, -0.05) is 48.5 Å². The van der Waals surface area contributed by atoms with Gasteiger partial charge in [-0.2, -0.15) is 0 Å². The highest BCUT2D eigenvalue weighted by atomic mass is 16.6. The summed E-state index contributed by atoms with van der Waals surface area (Å²) < 4.78 is 30.2. The van der Waals surface area contributed by atoms with Crippen LogP contribution in [0.1, 0.15) is 75.1 Å². The average molecular weight is 787 g/mol. The Morgan fingerprint density at radius 1 is 0.554 bits per heavy atom. The van der Waals surface area contributed by atoms with Gasteiger partial charge in [0.25, 0.3) is 0 Å². The van der Waals surface area contributed by atoms with Gasteiger partial charge in [-0.05, 0) is 52.7 Å².